The summed E-state index contributed by atoms with van der Waals surface area (Å²) in [7, 11) is 0. The molecule has 0 aliphatic carbocycles. The maximum Gasteiger partial charge on any atom is 0.324 e. The van der Waals surface area contributed by atoms with Crippen LogP contribution < -0.4 is 21.1 Å². The third-order valence-corrected chi connectivity index (χ3v) is 4.37. The molecule has 3 aromatic rings. The second-order valence-electron chi connectivity index (χ2n) is 6.12. The lowest BCUT2D eigenvalue weighted by Crippen LogP contribution is -2.38. The zero-order valence-corrected chi connectivity index (χ0v) is 14.3. The summed E-state index contributed by atoms with van der Waals surface area (Å²) in [6, 6.07) is 20.0. The van der Waals surface area contributed by atoms with Gasteiger partial charge in [-0.05, 0) is 34.9 Å². The number of hydrogen-bond acceptors (Lipinski definition) is 6. The number of carbonyl (C=O) groups is 1. The van der Waals surface area contributed by atoms with Crippen molar-refractivity contribution in [3.05, 3.63) is 78.5 Å². The van der Waals surface area contributed by atoms with Crippen molar-refractivity contribution in [2.45, 2.75) is 12.1 Å². The standard InChI is InChI=1S/C20H18N4O3/c25-20(26)19-18(22-24-23-19)15-6-4-13(5-7-15)14-8-10-16(11-9-14)27-17-3-1-2-12-21-17/h1-12,18-19,22-24H,(H,25,26). The van der Waals surface area contributed by atoms with Crippen molar-refractivity contribution in [3.8, 4) is 22.8 Å². The first-order valence-corrected chi connectivity index (χ1v) is 8.49. The van der Waals surface area contributed by atoms with E-state index in [2.05, 4.69) is 21.4 Å². The van der Waals surface area contributed by atoms with Crippen molar-refractivity contribution in [2.24, 2.45) is 0 Å². The maximum absolute atomic E-state index is 11.3. The minimum atomic E-state index is -0.912. The molecule has 0 amide bonds. The zero-order valence-electron chi connectivity index (χ0n) is 14.3. The Balaban J connectivity index is 1.48. The second-order valence-corrected chi connectivity index (χ2v) is 6.12. The minimum absolute atomic E-state index is 0.342. The SMILES string of the molecule is O=C(O)C1NNNC1c1ccc(-c2ccc(Oc3ccccn3)cc2)cc1. The number of nitrogens with zero attached hydrogens (tertiary/aromatic N) is 1. The van der Waals surface area contributed by atoms with Crippen LogP contribution in [0.3, 0.4) is 0 Å². The number of carboxylic acids is 1. The first kappa shape index (κ1) is 17.2. The lowest BCUT2D eigenvalue weighted by molar-refractivity contribution is -0.139. The molecule has 27 heavy (non-hydrogen) atoms. The lowest BCUT2D eigenvalue weighted by Gasteiger charge is -2.15. The fourth-order valence-electron chi connectivity index (χ4n) is 2.97. The number of aromatic nitrogens is 1. The molecule has 7 nitrogen and oxygen atoms in total. The summed E-state index contributed by atoms with van der Waals surface area (Å²) < 4.78 is 5.70. The molecule has 4 rings (SSSR count). The molecule has 2 unspecified atom stereocenters. The monoisotopic (exact) mass is 362 g/mol. The van der Waals surface area contributed by atoms with Gasteiger partial charge < -0.3 is 9.84 Å². The normalized spacial score (nSPS) is 19.0. The van der Waals surface area contributed by atoms with Gasteiger partial charge in [0, 0.05) is 12.3 Å². The molecule has 1 saturated heterocycles. The Hall–Kier alpha value is -3.26. The molecule has 2 heterocycles. The summed E-state index contributed by atoms with van der Waals surface area (Å²) in [4.78, 5) is 15.4. The summed E-state index contributed by atoms with van der Waals surface area (Å²) in [5.74, 6) is 0.351. The lowest BCUT2D eigenvalue weighted by atomic mass is 9.97. The van der Waals surface area contributed by atoms with Gasteiger partial charge in [-0.2, -0.15) is 5.53 Å². The maximum atomic E-state index is 11.3. The molecule has 0 saturated carbocycles. The largest absolute Gasteiger partial charge is 0.480 e. The van der Waals surface area contributed by atoms with Crippen LogP contribution in [0.2, 0.25) is 0 Å². The van der Waals surface area contributed by atoms with Gasteiger partial charge in [-0.25, -0.2) is 15.8 Å². The smallest absolute Gasteiger partial charge is 0.324 e. The molecule has 4 N–H and O–H groups in total. The third kappa shape index (κ3) is 3.80. The molecular weight excluding hydrogens is 344 g/mol. The van der Waals surface area contributed by atoms with E-state index in [1.54, 1.807) is 12.3 Å². The number of aliphatic carboxylic acids is 1. The molecular formula is C20H18N4O3. The number of nitrogens with one attached hydrogen (secondary N) is 3. The highest BCUT2D eigenvalue weighted by atomic mass is 16.5. The quantitative estimate of drug-likeness (QED) is 0.554. The van der Waals surface area contributed by atoms with Crippen molar-refractivity contribution >= 4 is 5.97 Å². The number of carboxylic acid groups (broad SMARTS) is 1. The molecule has 0 radical (unpaired) electrons. The molecule has 2 aromatic carbocycles. The summed E-state index contributed by atoms with van der Waals surface area (Å²) in [5.41, 5.74) is 11.3. The highest BCUT2D eigenvalue weighted by Gasteiger charge is 2.33. The van der Waals surface area contributed by atoms with Crippen LogP contribution in [-0.4, -0.2) is 22.1 Å². The molecule has 0 spiro atoms. The second kappa shape index (κ2) is 7.55. The Morgan fingerprint density at radius 2 is 1.63 bits per heavy atom. The van der Waals surface area contributed by atoms with E-state index in [1.807, 2.05) is 60.7 Å². The van der Waals surface area contributed by atoms with E-state index in [4.69, 9.17) is 4.74 Å². The van der Waals surface area contributed by atoms with E-state index in [-0.39, 0.29) is 6.04 Å². The van der Waals surface area contributed by atoms with Crippen LogP contribution in [0.1, 0.15) is 11.6 Å². The summed E-state index contributed by atoms with van der Waals surface area (Å²) in [5, 5.41) is 9.25. The number of ether oxygens (including phenoxy) is 1. The number of hydrazine groups is 2. The van der Waals surface area contributed by atoms with Crippen molar-refractivity contribution in [1.82, 2.24) is 21.4 Å². The Morgan fingerprint density at radius 1 is 0.926 bits per heavy atom. The van der Waals surface area contributed by atoms with Gasteiger partial charge in [0.15, 0.2) is 0 Å². The number of benzene rings is 2. The van der Waals surface area contributed by atoms with Crippen LogP contribution in [0.15, 0.2) is 72.9 Å². The van der Waals surface area contributed by atoms with Crippen molar-refractivity contribution in [3.63, 3.8) is 0 Å². The first-order valence-electron chi connectivity index (χ1n) is 8.49. The zero-order chi connectivity index (χ0) is 18.6. The van der Waals surface area contributed by atoms with E-state index in [0.717, 1.165) is 16.7 Å². The van der Waals surface area contributed by atoms with E-state index in [9.17, 15) is 9.90 Å². The van der Waals surface area contributed by atoms with Gasteiger partial charge >= 0.3 is 5.97 Å². The van der Waals surface area contributed by atoms with Gasteiger partial charge in [-0.1, -0.05) is 42.5 Å². The molecule has 1 aliphatic heterocycles. The molecule has 0 bridgehead atoms. The van der Waals surface area contributed by atoms with E-state index >= 15 is 0 Å². The Morgan fingerprint density at radius 3 is 2.26 bits per heavy atom. The molecule has 136 valence electrons. The Labute approximate surface area is 156 Å². The Kier molecular flexibility index (Phi) is 4.80. The van der Waals surface area contributed by atoms with Crippen LogP contribution >= 0.6 is 0 Å². The molecule has 1 aliphatic rings. The topological polar surface area (TPSA) is 95.5 Å². The third-order valence-electron chi connectivity index (χ3n) is 4.37. The van der Waals surface area contributed by atoms with Gasteiger partial charge in [0.1, 0.15) is 11.8 Å². The molecule has 1 fully saturated rings. The van der Waals surface area contributed by atoms with Crippen LogP contribution in [-0.2, 0) is 4.79 Å². The van der Waals surface area contributed by atoms with Gasteiger partial charge in [0.25, 0.3) is 0 Å². The molecule has 2 atom stereocenters. The summed E-state index contributed by atoms with van der Waals surface area (Å²) in [6.07, 6.45) is 1.68. The van der Waals surface area contributed by atoms with Crippen LogP contribution in [0, 0.1) is 0 Å². The highest BCUT2D eigenvalue weighted by molar-refractivity contribution is 5.75. The number of rotatable bonds is 5. The highest BCUT2D eigenvalue weighted by Crippen LogP contribution is 2.27. The van der Waals surface area contributed by atoms with Gasteiger partial charge in [0.2, 0.25) is 5.88 Å². The van der Waals surface area contributed by atoms with Crippen LogP contribution in [0.5, 0.6) is 11.6 Å². The van der Waals surface area contributed by atoms with E-state index in [0.29, 0.717) is 11.6 Å². The predicted molar refractivity (Wildman–Crippen MR) is 99.8 cm³/mol. The Bertz CT molecular complexity index is 914. The van der Waals surface area contributed by atoms with E-state index < -0.39 is 12.0 Å². The first-order chi connectivity index (χ1) is 13.2. The van der Waals surface area contributed by atoms with Gasteiger partial charge in [-0.3, -0.25) is 4.79 Å². The summed E-state index contributed by atoms with van der Waals surface area (Å²) >= 11 is 0. The predicted octanol–water partition coefficient (Wildman–Crippen LogP) is 2.65. The van der Waals surface area contributed by atoms with Crippen molar-refractivity contribution < 1.29 is 14.6 Å². The van der Waals surface area contributed by atoms with Crippen LogP contribution in [0.25, 0.3) is 11.1 Å². The van der Waals surface area contributed by atoms with Gasteiger partial charge in [0.05, 0.1) is 6.04 Å². The van der Waals surface area contributed by atoms with E-state index in [1.165, 1.54) is 0 Å². The number of hydrogen-bond donors (Lipinski definition) is 4. The molecule has 1 aromatic heterocycles. The van der Waals surface area contributed by atoms with Crippen molar-refractivity contribution in [1.29, 1.82) is 0 Å². The van der Waals surface area contributed by atoms with Gasteiger partial charge in [-0.15, -0.1) is 0 Å². The average Bonchev–Trinajstić information content (AvgIpc) is 3.20. The fraction of sp³-hybridized carbons (Fsp3) is 0.100. The van der Waals surface area contributed by atoms with Crippen LogP contribution in [0.4, 0.5) is 0 Å². The fourth-order valence-corrected chi connectivity index (χ4v) is 2.97. The average molecular weight is 362 g/mol. The number of pyridine rings is 1. The minimum Gasteiger partial charge on any atom is -0.480 e. The van der Waals surface area contributed by atoms with Crippen molar-refractivity contribution in [2.75, 3.05) is 0 Å². The molecule has 7 heteroatoms. The summed E-state index contributed by atoms with van der Waals surface area (Å²) in [6.45, 7) is 0.